The number of benzene rings is 2. The molecule has 0 aliphatic heterocycles. The summed E-state index contributed by atoms with van der Waals surface area (Å²) >= 11 is 2.40. The molecule has 1 nitrogen and oxygen atoms in total. The van der Waals surface area contributed by atoms with Gasteiger partial charge in [-0.05, 0) is 78.5 Å². The van der Waals surface area contributed by atoms with Crippen LogP contribution in [-0.4, -0.2) is 6.04 Å². The molecule has 0 spiro atoms. The third-order valence-corrected chi connectivity index (χ3v) is 5.36. The number of hydrogen-bond donors (Lipinski definition) is 1. The van der Waals surface area contributed by atoms with Gasteiger partial charge in [0.25, 0.3) is 0 Å². The maximum Gasteiger partial charge on any atom is 0.0353 e. The molecule has 2 aromatic carbocycles. The Labute approximate surface area is 134 Å². The van der Waals surface area contributed by atoms with Crippen molar-refractivity contribution < 1.29 is 0 Å². The van der Waals surface area contributed by atoms with E-state index in [0.717, 1.165) is 5.92 Å². The fourth-order valence-electron chi connectivity index (χ4n) is 2.85. The molecule has 0 atom stereocenters. The highest BCUT2D eigenvalue weighted by molar-refractivity contribution is 14.1. The summed E-state index contributed by atoms with van der Waals surface area (Å²) in [7, 11) is 0. The van der Waals surface area contributed by atoms with E-state index in [2.05, 4.69) is 84.2 Å². The molecule has 2 heteroatoms. The fourth-order valence-corrected chi connectivity index (χ4v) is 3.37. The first-order chi connectivity index (χ1) is 9.61. The summed E-state index contributed by atoms with van der Waals surface area (Å²) in [6, 6.07) is 16.2. The van der Waals surface area contributed by atoms with Gasteiger partial charge in [0.2, 0.25) is 0 Å². The second kappa shape index (κ2) is 5.76. The van der Waals surface area contributed by atoms with Gasteiger partial charge in [0.05, 0.1) is 0 Å². The van der Waals surface area contributed by atoms with Crippen molar-refractivity contribution >= 4 is 28.3 Å². The Morgan fingerprint density at radius 1 is 1.05 bits per heavy atom. The van der Waals surface area contributed by atoms with Crippen LogP contribution >= 0.6 is 22.6 Å². The number of hydrogen-bond acceptors (Lipinski definition) is 1. The van der Waals surface area contributed by atoms with Crippen LogP contribution in [0.5, 0.6) is 0 Å². The molecule has 1 aliphatic carbocycles. The van der Waals surface area contributed by atoms with Gasteiger partial charge in [-0.15, -0.1) is 0 Å². The third kappa shape index (κ3) is 3.00. The number of halogens is 1. The minimum atomic E-state index is 0.624. The topological polar surface area (TPSA) is 12.0 Å². The molecule has 0 unspecified atom stereocenters. The van der Waals surface area contributed by atoms with Gasteiger partial charge in [0, 0.05) is 15.3 Å². The maximum absolute atomic E-state index is 3.66. The first-order valence-electron chi connectivity index (χ1n) is 7.21. The van der Waals surface area contributed by atoms with Gasteiger partial charge < -0.3 is 5.32 Å². The Kier molecular flexibility index (Phi) is 4.01. The predicted octanol–water partition coefficient (Wildman–Crippen LogP) is 5.27. The van der Waals surface area contributed by atoms with Crippen LogP contribution in [0.15, 0.2) is 42.5 Å². The molecule has 1 N–H and O–H groups in total. The highest BCUT2D eigenvalue weighted by Gasteiger charge is 2.30. The van der Waals surface area contributed by atoms with E-state index in [1.807, 2.05) is 0 Å². The van der Waals surface area contributed by atoms with Crippen LogP contribution in [-0.2, 0) is 0 Å². The van der Waals surface area contributed by atoms with Crippen LogP contribution in [0.1, 0.15) is 35.4 Å². The highest BCUT2D eigenvalue weighted by atomic mass is 127. The predicted molar refractivity (Wildman–Crippen MR) is 94.5 cm³/mol. The Balaban J connectivity index is 1.59. The number of rotatable bonds is 3. The molecule has 0 saturated heterocycles. The van der Waals surface area contributed by atoms with E-state index >= 15 is 0 Å². The lowest BCUT2D eigenvalue weighted by Crippen LogP contribution is -2.34. The second-order valence-corrected chi connectivity index (χ2v) is 7.05. The number of nitrogens with one attached hydrogen (secondary N) is 1. The van der Waals surface area contributed by atoms with Crippen LogP contribution < -0.4 is 5.32 Å². The summed E-state index contributed by atoms with van der Waals surface area (Å²) in [6.45, 7) is 4.33. The standard InChI is InChI=1S/C18H20IN/c1-12-4-3-5-14(8-12)15-9-17(10-15)20-16-7-6-13(2)18(19)11-16/h3-8,11,15,17,20H,9-10H2,1-2H3. The van der Waals surface area contributed by atoms with E-state index in [0.29, 0.717) is 6.04 Å². The fraction of sp³-hybridized carbons (Fsp3) is 0.333. The molecule has 20 heavy (non-hydrogen) atoms. The molecule has 1 aliphatic rings. The summed E-state index contributed by atoms with van der Waals surface area (Å²) in [5.74, 6) is 0.733. The zero-order chi connectivity index (χ0) is 14.1. The molecule has 104 valence electrons. The average Bonchev–Trinajstić information content (AvgIpc) is 2.37. The molecule has 0 radical (unpaired) electrons. The molecule has 2 aromatic rings. The minimum absolute atomic E-state index is 0.624. The summed E-state index contributed by atoms with van der Waals surface area (Å²) in [5.41, 5.74) is 5.48. The molecule has 1 fully saturated rings. The normalized spacial score (nSPS) is 21.4. The van der Waals surface area contributed by atoms with Gasteiger partial charge in [0.15, 0.2) is 0 Å². The van der Waals surface area contributed by atoms with E-state index in [9.17, 15) is 0 Å². The lowest BCUT2D eigenvalue weighted by molar-refractivity contribution is 0.374. The maximum atomic E-state index is 3.66. The van der Waals surface area contributed by atoms with Crippen LogP contribution in [0, 0.1) is 17.4 Å². The van der Waals surface area contributed by atoms with Crippen molar-refractivity contribution in [1.82, 2.24) is 0 Å². The summed E-state index contributed by atoms with van der Waals surface area (Å²) in [5, 5.41) is 3.66. The van der Waals surface area contributed by atoms with Crippen LogP contribution in [0.3, 0.4) is 0 Å². The second-order valence-electron chi connectivity index (χ2n) is 5.89. The quantitative estimate of drug-likeness (QED) is 0.719. The van der Waals surface area contributed by atoms with Gasteiger partial charge in [0.1, 0.15) is 0 Å². The van der Waals surface area contributed by atoms with Crippen molar-refractivity contribution in [2.45, 2.75) is 38.6 Å². The molecular weight excluding hydrogens is 357 g/mol. The summed E-state index contributed by atoms with van der Waals surface area (Å²) < 4.78 is 1.34. The van der Waals surface area contributed by atoms with Crippen molar-refractivity contribution in [2.75, 3.05) is 5.32 Å². The number of aryl methyl sites for hydroxylation is 2. The lowest BCUT2D eigenvalue weighted by Gasteiger charge is -2.37. The van der Waals surface area contributed by atoms with Crippen molar-refractivity contribution in [3.63, 3.8) is 0 Å². The number of anilines is 1. The van der Waals surface area contributed by atoms with Gasteiger partial charge in [-0.1, -0.05) is 35.9 Å². The SMILES string of the molecule is Cc1cccc(C2CC(Nc3ccc(C)c(I)c3)C2)c1. The van der Waals surface area contributed by atoms with E-state index in [4.69, 9.17) is 0 Å². The zero-order valence-electron chi connectivity index (χ0n) is 12.0. The largest absolute Gasteiger partial charge is 0.382 e. The van der Waals surface area contributed by atoms with Gasteiger partial charge in [-0.3, -0.25) is 0 Å². The van der Waals surface area contributed by atoms with Crippen LogP contribution in [0.25, 0.3) is 0 Å². The average molecular weight is 377 g/mol. The van der Waals surface area contributed by atoms with Crippen LogP contribution in [0.2, 0.25) is 0 Å². The molecule has 0 heterocycles. The van der Waals surface area contributed by atoms with Gasteiger partial charge >= 0.3 is 0 Å². The van der Waals surface area contributed by atoms with E-state index in [1.54, 1.807) is 0 Å². The monoisotopic (exact) mass is 377 g/mol. The van der Waals surface area contributed by atoms with E-state index in [-0.39, 0.29) is 0 Å². The Morgan fingerprint density at radius 3 is 2.55 bits per heavy atom. The Morgan fingerprint density at radius 2 is 1.85 bits per heavy atom. The van der Waals surface area contributed by atoms with Crippen molar-refractivity contribution in [3.05, 3.63) is 62.7 Å². The Hall–Kier alpha value is -1.03. The molecule has 0 bridgehead atoms. The van der Waals surface area contributed by atoms with Crippen molar-refractivity contribution in [1.29, 1.82) is 0 Å². The van der Waals surface area contributed by atoms with Gasteiger partial charge in [-0.25, -0.2) is 0 Å². The Bertz CT molecular complexity index is 615. The van der Waals surface area contributed by atoms with Crippen molar-refractivity contribution in [3.8, 4) is 0 Å². The highest BCUT2D eigenvalue weighted by Crippen LogP contribution is 2.38. The van der Waals surface area contributed by atoms with Crippen LogP contribution in [0.4, 0.5) is 5.69 Å². The lowest BCUT2D eigenvalue weighted by atomic mass is 9.75. The minimum Gasteiger partial charge on any atom is -0.382 e. The molecule has 1 saturated carbocycles. The molecular formula is C18H20IN. The summed E-state index contributed by atoms with van der Waals surface area (Å²) in [6.07, 6.45) is 2.49. The van der Waals surface area contributed by atoms with E-state index in [1.165, 1.54) is 38.8 Å². The summed E-state index contributed by atoms with van der Waals surface area (Å²) in [4.78, 5) is 0. The first-order valence-corrected chi connectivity index (χ1v) is 8.29. The third-order valence-electron chi connectivity index (χ3n) is 4.19. The van der Waals surface area contributed by atoms with E-state index < -0.39 is 0 Å². The molecule has 0 aromatic heterocycles. The first kappa shape index (κ1) is 13.9. The molecule has 0 amide bonds. The zero-order valence-corrected chi connectivity index (χ0v) is 14.1. The molecule has 3 rings (SSSR count). The van der Waals surface area contributed by atoms with Gasteiger partial charge in [-0.2, -0.15) is 0 Å². The van der Waals surface area contributed by atoms with Crippen molar-refractivity contribution in [2.24, 2.45) is 0 Å². The smallest absolute Gasteiger partial charge is 0.0353 e.